The summed E-state index contributed by atoms with van der Waals surface area (Å²) in [4.78, 5) is 4.96. The molecule has 3 rings (SSSR count). The Bertz CT molecular complexity index is 626. The van der Waals surface area contributed by atoms with Crippen molar-refractivity contribution in [3.63, 3.8) is 0 Å². The van der Waals surface area contributed by atoms with Gasteiger partial charge in [-0.3, -0.25) is 9.80 Å². The summed E-state index contributed by atoms with van der Waals surface area (Å²) in [7, 11) is 3.97. The number of likely N-dealkylation sites (N-methyl/N-ethyl adjacent to an activating group) is 1. The first-order valence-electron chi connectivity index (χ1n) is 8.83. The van der Waals surface area contributed by atoms with E-state index in [1.54, 1.807) is 7.11 Å². The number of aryl methyl sites for hydroxylation is 1. The third-order valence-corrected chi connectivity index (χ3v) is 5.36. The average Bonchev–Trinajstić information content (AvgIpc) is 2.61. The van der Waals surface area contributed by atoms with Crippen LogP contribution in [0, 0.1) is 6.92 Å². The lowest BCUT2D eigenvalue weighted by Gasteiger charge is -2.43. The molecular formula is C21H27ClN2O. The Morgan fingerprint density at radius 1 is 1.04 bits per heavy atom. The van der Waals surface area contributed by atoms with Crippen molar-refractivity contribution in [2.24, 2.45) is 0 Å². The molecule has 2 atom stereocenters. The van der Waals surface area contributed by atoms with Crippen LogP contribution in [0.3, 0.4) is 0 Å². The number of methoxy groups -OCH3 is 1. The second kappa shape index (κ2) is 8.33. The normalized spacial score (nSPS) is 20.6. The lowest BCUT2D eigenvalue weighted by Crippen LogP contribution is -2.54. The minimum atomic E-state index is 0.242. The van der Waals surface area contributed by atoms with Gasteiger partial charge in [-0.1, -0.05) is 53.6 Å². The highest BCUT2D eigenvalue weighted by molar-refractivity contribution is 6.30. The van der Waals surface area contributed by atoms with Gasteiger partial charge in [0, 0.05) is 37.8 Å². The van der Waals surface area contributed by atoms with Crippen LogP contribution in [-0.4, -0.2) is 56.2 Å². The molecule has 1 fully saturated rings. The van der Waals surface area contributed by atoms with E-state index in [0.29, 0.717) is 6.04 Å². The number of benzene rings is 2. The van der Waals surface area contributed by atoms with Crippen LogP contribution in [0.25, 0.3) is 0 Å². The molecule has 2 aromatic rings. The highest BCUT2D eigenvalue weighted by atomic mass is 35.5. The van der Waals surface area contributed by atoms with E-state index in [2.05, 4.69) is 60.2 Å². The Kier molecular flexibility index (Phi) is 6.13. The van der Waals surface area contributed by atoms with Crippen molar-refractivity contribution < 1.29 is 4.74 Å². The zero-order valence-electron chi connectivity index (χ0n) is 15.3. The summed E-state index contributed by atoms with van der Waals surface area (Å²) in [6.07, 6.45) is 0. The van der Waals surface area contributed by atoms with E-state index >= 15 is 0 Å². The molecule has 0 bridgehead atoms. The Morgan fingerprint density at radius 2 is 1.64 bits per heavy atom. The van der Waals surface area contributed by atoms with Gasteiger partial charge < -0.3 is 4.74 Å². The van der Waals surface area contributed by atoms with E-state index in [9.17, 15) is 0 Å². The predicted molar refractivity (Wildman–Crippen MR) is 104 cm³/mol. The summed E-state index contributed by atoms with van der Waals surface area (Å²) in [5.41, 5.74) is 3.90. The summed E-state index contributed by atoms with van der Waals surface area (Å²) < 4.78 is 5.44. The lowest BCUT2D eigenvalue weighted by molar-refractivity contribution is 0.0287. The molecular weight excluding hydrogens is 332 g/mol. The topological polar surface area (TPSA) is 15.7 Å². The summed E-state index contributed by atoms with van der Waals surface area (Å²) in [5.74, 6) is 0. The minimum absolute atomic E-state index is 0.242. The molecule has 1 aliphatic heterocycles. The van der Waals surface area contributed by atoms with E-state index < -0.39 is 0 Å². The molecule has 0 N–H and O–H groups in total. The first-order valence-corrected chi connectivity index (χ1v) is 9.21. The third kappa shape index (κ3) is 4.42. The van der Waals surface area contributed by atoms with E-state index in [4.69, 9.17) is 16.3 Å². The van der Waals surface area contributed by atoms with E-state index in [0.717, 1.165) is 31.3 Å². The Labute approximate surface area is 156 Å². The first-order chi connectivity index (χ1) is 12.1. The average molecular weight is 359 g/mol. The van der Waals surface area contributed by atoms with Gasteiger partial charge in [-0.2, -0.15) is 0 Å². The van der Waals surface area contributed by atoms with E-state index in [1.165, 1.54) is 16.7 Å². The molecule has 134 valence electrons. The summed E-state index contributed by atoms with van der Waals surface area (Å²) in [6, 6.07) is 17.8. The van der Waals surface area contributed by atoms with Crippen molar-refractivity contribution in [1.82, 2.24) is 9.80 Å². The van der Waals surface area contributed by atoms with Gasteiger partial charge >= 0.3 is 0 Å². The fourth-order valence-corrected chi connectivity index (χ4v) is 3.71. The van der Waals surface area contributed by atoms with Crippen LogP contribution >= 0.6 is 11.6 Å². The standard InChI is InChI=1S/C21H27ClN2O/c1-16-4-6-17(7-5-16)21(18-8-10-19(22)11-9-18)24-13-12-23(2)20(14-24)15-25-3/h4-11,20-21H,12-15H2,1-3H3. The maximum absolute atomic E-state index is 6.12. The number of nitrogens with zero attached hydrogens (tertiary/aromatic N) is 2. The Balaban J connectivity index is 1.93. The number of hydrogen-bond donors (Lipinski definition) is 0. The van der Waals surface area contributed by atoms with Gasteiger partial charge in [-0.15, -0.1) is 0 Å². The van der Waals surface area contributed by atoms with Gasteiger partial charge in [0.2, 0.25) is 0 Å². The van der Waals surface area contributed by atoms with E-state index in [1.807, 2.05) is 12.1 Å². The number of hydrogen-bond acceptors (Lipinski definition) is 3. The molecule has 4 heteroatoms. The van der Waals surface area contributed by atoms with Crippen LogP contribution in [0.5, 0.6) is 0 Å². The summed E-state index contributed by atoms with van der Waals surface area (Å²) in [6.45, 7) is 5.97. The highest BCUT2D eigenvalue weighted by Crippen LogP contribution is 2.31. The smallest absolute Gasteiger partial charge is 0.0630 e. The SMILES string of the molecule is COCC1CN(C(c2ccc(C)cc2)c2ccc(Cl)cc2)CCN1C. The van der Waals surface area contributed by atoms with Crippen molar-refractivity contribution in [3.05, 3.63) is 70.2 Å². The van der Waals surface area contributed by atoms with Crippen LogP contribution in [0.1, 0.15) is 22.7 Å². The number of ether oxygens (including phenoxy) is 1. The predicted octanol–water partition coefficient (Wildman–Crippen LogP) is 4.00. The van der Waals surface area contributed by atoms with Crippen LogP contribution in [0.4, 0.5) is 0 Å². The minimum Gasteiger partial charge on any atom is -0.383 e. The second-order valence-corrected chi connectivity index (χ2v) is 7.39. The first kappa shape index (κ1) is 18.4. The zero-order valence-corrected chi connectivity index (χ0v) is 16.0. The van der Waals surface area contributed by atoms with Gasteiger partial charge in [-0.05, 0) is 37.2 Å². The molecule has 0 saturated carbocycles. The van der Waals surface area contributed by atoms with Gasteiger partial charge in [0.05, 0.1) is 12.6 Å². The maximum Gasteiger partial charge on any atom is 0.0630 e. The molecule has 2 unspecified atom stereocenters. The van der Waals surface area contributed by atoms with Crippen LogP contribution in [0.2, 0.25) is 5.02 Å². The van der Waals surface area contributed by atoms with Gasteiger partial charge in [0.1, 0.15) is 0 Å². The van der Waals surface area contributed by atoms with Crippen molar-refractivity contribution in [2.75, 3.05) is 40.4 Å². The van der Waals surface area contributed by atoms with Crippen molar-refractivity contribution >= 4 is 11.6 Å². The third-order valence-electron chi connectivity index (χ3n) is 5.11. The van der Waals surface area contributed by atoms with Crippen LogP contribution < -0.4 is 0 Å². The van der Waals surface area contributed by atoms with Gasteiger partial charge in [0.25, 0.3) is 0 Å². The summed E-state index contributed by atoms with van der Waals surface area (Å²) in [5, 5.41) is 0.780. The largest absolute Gasteiger partial charge is 0.383 e. The zero-order chi connectivity index (χ0) is 17.8. The van der Waals surface area contributed by atoms with Crippen LogP contribution in [-0.2, 0) is 4.74 Å². The van der Waals surface area contributed by atoms with Crippen LogP contribution in [0.15, 0.2) is 48.5 Å². The number of rotatable bonds is 5. The molecule has 2 aromatic carbocycles. The van der Waals surface area contributed by atoms with Crippen molar-refractivity contribution in [3.8, 4) is 0 Å². The molecule has 0 aromatic heterocycles. The van der Waals surface area contributed by atoms with E-state index in [-0.39, 0.29) is 6.04 Å². The molecule has 1 heterocycles. The maximum atomic E-state index is 6.12. The van der Waals surface area contributed by atoms with Crippen molar-refractivity contribution in [1.29, 1.82) is 0 Å². The highest BCUT2D eigenvalue weighted by Gasteiger charge is 2.30. The second-order valence-electron chi connectivity index (χ2n) is 6.95. The Hall–Kier alpha value is -1.39. The monoisotopic (exact) mass is 358 g/mol. The lowest BCUT2D eigenvalue weighted by atomic mass is 9.95. The molecule has 0 spiro atoms. The summed E-state index contributed by atoms with van der Waals surface area (Å²) >= 11 is 6.12. The molecule has 1 aliphatic rings. The van der Waals surface area contributed by atoms with Gasteiger partial charge in [-0.25, -0.2) is 0 Å². The fourth-order valence-electron chi connectivity index (χ4n) is 3.58. The number of halogens is 1. The molecule has 25 heavy (non-hydrogen) atoms. The molecule has 1 saturated heterocycles. The molecule has 0 aliphatic carbocycles. The molecule has 0 amide bonds. The van der Waals surface area contributed by atoms with Gasteiger partial charge in [0.15, 0.2) is 0 Å². The fraction of sp³-hybridized carbons (Fsp3) is 0.429. The quantitative estimate of drug-likeness (QED) is 0.803. The van der Waals surface area contributed by atoms with Crippen molar-refractivity contribution in [2.45, 2.75) is 19.0 Å². The Morgan fingerprint density at radius 3 is 2.24 bits per heavy atom. The molecule has 3 nitrogen and oxygen atoms in total. The molecule has 0 radical (unpaired) electrons. The number of piperazine rings is 1.